The number of nitrogens with one attached hydrogen (secondary N) is 4. The number of aromatic nitrogens is 6. The number of carbonyl (C=O) groups excluding carboxylic acids is 1. The van der Waals surface area contributed by atoms with Crippen molar-refractivity contribution in [2.24, 2.45) is 7.05 Å². The molecule has 0 radical (unpaired) electrons. The fourth-order valence-corrected chi connectivity index (χ4v) is 3.25. The van der Waals surface area contributed by atoms with Gasteiger partial charge in [-0.25, -0.2) is 14.8 Å². The van der Waals surface area contributed by atoms with Crippen molar-refractivity contribution >= 4 is 29.1 Å². The van der Waals surface area contributed by atoms with Crippen LogP contribution in [0.3, 0.4) is 0 Å². The van der Waals surface area contributed by atoms with Crippen LogP contribution in [0.1, 0.15) is 18.3 Å². The molecule has 0 saturated heterocycles. The lowest BCUT2D eigenvalue weighted by Gasteiger charge is -2.10. The maximum absolute atomic E-state index is 12.0. The van der Waals surface area contributed by atoms with Crippen LogP contribution in [-0.4, -0.2) is 52.7 Å². The molecule has 0 spiro atoms. The van der Waals surface area contributed by atoms with Crippen LogP contribution in [0, 0.1) is 12.3 Å². The van der Waals surface area contributed by atoms with E-state index in [4.69, 9.17) is 9.93 Å². The van der Waals surface area contributed by atoms with Gasteiger partial charge in [0.1, 0.15) is 0 Å². The molecule has 2 amide bonds. The fourth-order valence-electron chi connectivity index (χ4n) is 3.25. The number of hydrogen-bond donors (Lipinski definition) is 5. The number of aliphatic hydroxyl groups excluding tert-OH is 1. The number of carbonyl (C=O) groups is 1. The number of anilines is 2. The molecule has 0 saturated carbocycles. The molecule has 0 aliphatic rings. The first kappa shape index (κ1) is 22.5. The van der Waals surface area contributed by atoms with E-state index < -0.39 is 11.9 Å². The van der Waals surface area contributed by atoms with Crippen molar-refractivity contribution < 1.29 is 14.4 Å². The summed E-state index contributed by atoms with van der Waals surface area (Å²) in [6.45, 7) is 3.55. The van der Waals surface area contributed by atoms with Gasteiger partial charge >= 0.3 is 6.03 Å². The van der Waals surface area contributed by atoms with Gasteiger partial charge in [-0.05, 0) is 13.8 Å². The van der Waals surface area contributed by atoms with E-state index in [9.17, 15) is 9.90 Å². The monoisotopic (exact) mass is 464 g/mol. The molecular formula is C21H24N10O3. The zero-order chi connectivity index (χ0) is 24.2. The molecule has 0 fully saturated rings. The minimum Gasteiger partial charge on any atom is -0.494 e. The summed E-state index contributed by atoms with van der Waals surface area (Å²) in [4.78, 5) is 21.2. The second-order valence-electron chi connectivity index (χ2n) is 7.62. The molecule has 13 heteroatoms. The number of amides is 2. The highest BCUT2D eigenvalue weighted by molar-refractivity contribution is 5.91. The molecule has 34 heavy (non-hydrogen) atoms. The average Bonchev–Trinajstić information content (AvgIpc) is 3.47. The van der Waals surface area contributed by atoms with Crippen LogP contribution < -0.4 is 16.0 Å². The molecule has 13 nitrogen and oxygen atoms in total. The summed E-state index contributed by atoms with van der Waals surface area (Å²) in [6, 6.07) is 1.16. The number of aliphatic hydroxyl groups is 1. The van der Waals surface area contributed by atoms with Crippen molar-refractivity contribution in [1.29, 1.82) is 5.41 Å². The second kappa shape index (κ2) is 9.44. The van der Waals surface area contributed by atoms with E-state index in [1.807, 2.05) is 30.8 Å². The van der Waals surface area contributed by atoms with Crippen LogP contribution in [0.4, 0.5) is 16.5 Å². The predicted octanol–water partition coefficient (Wildman–Crippen LogP) is 2.45. The van der Waals surface area contributed by atoms with Gasteiger partial charge in [0.05, 0.1) is 29.5 Å². The van der Waals surface area contributed by atoms with Crippen molar-refractivity contribution in [2.75, 3.05) is 11.9 Å². The maximum Gasteiger partial charge on any atom is 0.321 e. The summed E-state index contributed by atoms with van der Waals surface area (Å²) in [6.07, 6.45) is 8.75. The van der Waals surface area contributed by atoms with E-state index in [0.717, 1.165) is 23.0 Å². The number of nitrogens with zero attached hydrogens (tertiary/aromatic N) is 6. The van der Waals surface area contributed by atoms with Gasteiger partial charge in [-0.3, -0.25) is 14.4 Å². The molecule has 0 bridgehead atoms. The SMILES string of the molecule is CC(=N)/C=C(\O)NC(=O)NCCc1cn2c(-c3cnn(C)c3)cnc2c(Nc2cc(C)no2)n1. The highest BCUT2D eigenvalue weighted by atomic mass is 16.5. The summed E-state index contributed by atoms with van der Waals surface area (Å²) in [5, 5.41) is 33.1. The Morgan fingerprint density at radius 1 is 1.32 bits per heavy atom. The molecule has 4 aromatic heterocycles. The third-order valence-corrected chi connectivity index (χ3v) is 4.67. The molecule has 4 heterocycles. The molecular weight excluding hydrogens is 440 g/mol. The number of urea groups is 1. The Bertz CT molecular complexity index is 1380. The maximum atomic E-state index is 12.0. The number of fused-ring (bicyclic) bond motifs is 1. The van der Waals surface area contributed by atoms with Crippen molar-refractivity contribution in [3.63, 3.8) is 0 Å². The standard InChI is InChI=1S/C21H24N10O3/c1-12(22)6-17(32)27-21(33)23-5-4-15-11-31-16(14-8-25-30(3)10-14)9-24-20(31)19(26-15)28-18-7-13(2)29-34-18/h6-11,22,32H,4-5H2,1-3H3,(H,26,28)(H2,23,27,33)/b17-6-,22-12?. The summed E-state index contributed by atoms with van der Waals surface area (Å²) >= 11 is 0. The largest absolute Gasteiger partial charge is 0.494 e. The first-order valence-corrected chi connectivity index (χ1v) is 10.4. The van der Waals surface area contributed by atoms with Gasteiger partial charge in [-0.15, -0.1) is 0 Å². The normalized spacial score (nSPS) is 11.6. The molecule has 4 rings (SSSR count). The van der Waals surface area contributed by atoms with Gasteiger partial charge < -0.3 is 25.7 Å². The van der Waals surface area contributed by atoms with E-state index in [1.165, 1.54) is 6.92 Å². The number of allylic oxidation sites excluding steroid dienone is 1. The lowest BCUT2D eigenvalue weighted by Crippen LogP contribution is -2.36. The van der Waals surface area contributed by atoms with Crippen molar-refractivity contribution in [2.45, 2.75) is 20.3 Å². The fraction of sp³-hybridized carbons (Fsp3) is 0.238. The number of hydrogen-bond acceptors (Lipinski definition) is 9. The summed E-state index contributed by atoms with van der Waals surface area (Å²) in [5.74, 6) is 0.490. The van der Waals surface area contributed by atoms with Crippen molar-refractivity contribution in [3.05, 3.63) is 54.2 Å². The first-order valence-electron chi connectivity index (χ1n) is 10.4. The number of imidazole rings is 1. The van der Waals surface area contributed by atoms with Gasteiger partial charge in [0.15, 0.2) is 17.3 Å². The van der Waals surface area contributed by atoms with Gasteiger partial charge in [0, 0.05) is 55.8 Å². The molecule has 4 aromatic rings. The second-order valence-corrected chi connectivity index (χ2v) is 7.62. The third-order valence-electron chi connectivity index (χ3n) is 4.67. The van der Waals surface area contributed by atoms with E-state index in [-0.39, 0.29) is 12.3 Å². The van der Waals surface area contributed by atoms with Crippen LogP contribution in [0.2, 0.25) is 0 Å². The summed E-state index contributed by atoms with van der Waals surface area (Å²) < 4.78 is 8.87. The van der Waals surface area contributed by atoms with Crippen LogP contribution in [-0.2, 0) is 13.5 Å². The Morgan fingerprint density at radius 2 is 2.15 bits per heavy atom. The zero-order valence-electron chi connectivity index (χ0n) is 18.8. The third kappa shape index (κ3) is 5.20. The summed E-state index contributed by atoms with van der Waals surface area (Å²) in [7, 11) is 1.84. The van der Waals surface area contributed by atoms with Gasteiger partial charge in [-0.2, -0.15) is 5.10 Å². The average molecular weight is 464 g/mol. The van der Waals surface area contributed by atoms with E-state index in [1.54, 1.807) is 23.1 Å². The predicted molar refractivity (Wildman–Crippen MR) is 124 cm³/mol. The highest BCUT2D eigenvalue weighted by Crippen LogP contribution is 2.26. The van der Waals surface area contributed by atoms with Crippen molar-refractivity contribution in [3.8, 4) is 11.3 Å². The van der Waals surface area contributed by atoms with Crippen LogP contribution in [0.15, 0.2) is 47.3 Å². The molecule has 0 aromatic carbocycles. The number of aryl methyl sites for hydroxylation is 2. The quantitative estimate of drug-likeness (QED) is 0.195. The minimum absolute atomic E-state index is 0.113. The van der Waals surface area contributed by atoms with E-state index in [0.29, 0.717) is 29.5 Å². The molecule has 0 atom stereocenters. The molecule has 0 aliphatic carbocycles. The lowest BCUT2D eigenvalue weighted by molar-refractivity contribution is 0.236. The first-order chi connectivity index (χ1) is 16.3. The van der Waals surface area contributed by atoms with E-state index in [2.05, 4.69) is 36.2 Å². The topological polar surface area (TPSA) is 171 Å². The Balaban J connectivity index is 1.58. The van der Waals surface area contributed by atoms with Crippen LogP contribution >= 0.6 is 0 Å². The summed E-state index contributed by atoms with van der Waals surface area (Å²) in [5.41, 5.74) is 3.80. The Kier molecular flexibility index (Phi) is 6.25. The van der Waals surface area contributed by atoms with Gasteiger partial charge in [0.2, 0.25) is 5.88 Å². The van der Waals surface area contributed by atoms with Crippen LogP contribution in [0.5, 0.6) is 0 Å². The smallest absolute Gasteiger partial charge is 0.321 e. The molecule has 0 unspecified atom stereocenters. The Morgan fingerprint density at radius 3 is 2.82 bits per heavy atom. The highest BCUT2D eigenvalue weighted by Gasteiger charge is 2.15. The zero-order valence-corrected chi connectivity index (χ0v) is 18.8. The lowest BCUT2D eigenvalue weighted by atomic mass is 10.2. The van der Waals surface area contributed by atoms with Crippen molar-refractivity contribution in [1.82, 2.24) is 39.9 Å². The minimum atomic E-state index is -0.592. The van der Waals surface area contributed by atoms with Gasteiger partial charge in [-0.1, -0.05) is 5.16 Å². The van der Waals surface area contributed by atoms with Crippen LogP contribution in [0.25, 0.3) is 16.9 Å². The Hall–Kier alpha value is -4.68. The molecule has 0 aliphatic heterocycles. The molecule has 5 N–H and O–H groups in total. The van der Waals surface area contributed by atoms with E-state index >= 15 is 0 Å². The number of rotatable bonds is 8. The van der Waals surface area contributed by atoms with Gasteiger partial charge in [0.25, 0.3) is 0 Å². The Labute approximate surface area is 194 Å². The molecule has 176 valence electrons.